The smallest absolute Gasteiger partial charge is 0.248 e. The molecule has 0 heterocycles. The van der Waals surface area contributed by atoms with Gasteiger partial charge in [-0.3, -0.25) is 4.79 Å². The van der Waals surface area contributed by atoms with Crippen molar-refractivity contribution in [1.29, 1.82) is 0 Å². The van der Waals surface area contributed by atoms with Gasteiger partial charge in [0, 0.05) is 6.08 Å². The Hall–Kier alpha value is -3.44. The number of phenols is 1. The number of methoxy groups -OCH3 is 1. The zero-order valence-electron chi connectivity index (χ0n) is 15.8. The van der Waals surface area contributed by atoms with E-state index in [1.165, 1.54) is 19.3 Å². The van der Waals surface area contributed by atoms with Gasteiger partial charge in [0.15, 0.2) is 17.2 Å². The highest BCUT2D eigenvalue weighted by molar-refractivity contribution is 6.32. The Bertz CT molecular complexity index is 1020. The molecule has 0 fully saturated rings. The van der Waals surface area contributed by atoms with Crippen LogP contribution in [0.1, 0.15) is 11.1 Å². The third-order valence-electron chi connectivity index (χ3n) is 4.08. The van der Waals surface area contributed by atoms with Gasteiger partial charge < -0.3 is 19.9 Å². The van der Waals surface area contributed by atoms with Crippen LogP contribution in [0.5, 0.6) is 17.2 Å². The van der Waals surface area contributed by atoms with Crippen LogP contribution in [0, 0.1) is 0 Å². The van der Waals surface area contributed by atoms with Gasteiger partial charge in [0.2, 0.25) is 5.91 Å². The number of nitrogens with one attached hydrogen (secondary N) is 1. The molecule has 1 amide bonds. The summed E-state index contributed by atoms with van der Waals surface area (Å²) in [5.41, 5.74) is 2.12. The van der Waals surface area contributed by atoms with Crippen molar-refractivity contribution in [3.63, 3.8) is 0 Å². The molecule has 0 aliphatic rings. The number of hydrogen-bond donors (Lipinski definition) is 2. The van der Waals surface area contributed by atoms with Gasteiger partial charge in [-0.25, -0.2) is 0 Å². The minimum Gasteiger partial charge on any atom is -0.504 e. The first kappa shape index (κ1) is 20.3. The fourth-order valence-electron chi connectivity index (χ4n) is 2.64. The second kappa shape index (κ2) is 9.66. The molecule has 2 N–H and O–H groups in total. The Morgan fingerprint density at radius 1 is 1.10 bits per heavy atom. The highest BCUT2D eigenvalue weighted by Crippen LogP contribution is 2.33. The van der Waals surface area contributed by atoms with E-state index in [1.54, 1.807) is 36.4 Å². The molecule has 6 heteroatoms. The van der Waals surface area contributed by atoms with Crippen molar-refractivity contribution < 1.29 is 19.4 Å². The largest absolute Gasteiger partial charge is 0.504 e. The Morgan fingerprint density at radius 3 is 2.62 bits per heavy atom. The Balaban J connectivity index is 1.70. The molecule has 29 heavy (non-hydrogen) atoms. The molecular formula is C23H20ClNO4. The lowest BCUT2D eigenvalue weighted by Gasteiger charge is -2.13. The highest BCUT2D eigenvalue weighted by Gasteiger charge is 2.11. The normalized spacial score (nSPS) is 10.7. The lowest BCUT2D eigenvalue weighted by atomic mass is 10.2. The van der Waals surface area contributed by atoms with E-state index in [-0.39, 0.29) is 11.7 Å². The third-order valence-corrected chi connectivity index (χ3v) is 4.38. The number of amides is 1. The first-order chi connectivity index (χ1) is 14.1. The van der Waals surface area contributed by atoms with Crippen molar-refractivity contribution in [2.75, 3.05) is 12.4 Å². The van der Waals surface area contributed by atoms with Crippen molar-refractivity contribution in [2.45, 2.75) is 6.61 Å². The highest BCUT2D eigenvalue weighted by atomic mass is 35.5. The average Bonchev–Trinajstić information content (AvgIpc) is 2.73. The predicted octanol–water partition coefficient (Wildman–Crippen LogP) is 5.29. The molecule has 0 spiro atoms. The molecule has 0 aliphatic heterocycles. The number of benzene rings is 3. The van der Waals surface area contributed by atoms with E-state index in [0.717, 1.165) is 5.56 Å². The first-order valence-electron chi connectivity index (χ1n) is 8.88. The number of para-hydroxylation sites is 1. The molecule has 0 saturated carbocycles. The summed E-state index contributed by atoms with van der Waals surface area (Å²) in [6.45, 7) is 0.328. The van der Waals surface area contributed by atoms with Crippen LogP contribution in [0.3, 0.4) is 0 Å². The topological polar surface area (TPSA) is 67.8 Å². The van der Waals surface area contributed by atoms with Gasteiger partial charge in [-0.1, -0.05) is 54.1 Å². The molecule has 3 rings (SSSR count). The molecule has 0 aromatic heterocycles. The van der Waals surface area contributed by atoms with E-state index in [1.807, 2.05) is 30.3 Å². The number of halogens is 1. The SMILES string of the molecule is COc1ccc(C=CC(=O)Nc2cccc(Cl)c2OCc2ccccc2)cc1O. The van der Waals surface area contributed by atoms with E-state index < -0.39 is 0 Å². The van der Waals surface area contributed by atoms with Gasteiger partial charge >= 0.3 is 0 Å². The maximum atomic E-state index is 12.3. The van der Waals surface area contributed by atoms with Crippen molar-refractivity contribution in [2.24, 2.45) is 0 Å². The number of carbonyl (C=O) groups is 1. The van der Waals surface area contributed by atoms with Crippen LogP contribution in [-0.2, 0) is 11.4 Å². The van der Waals surface area contributed by atoms with Gasteiger partial charge in [0.25, 0.3) is 0 Å². The summed E-state index contributed by atoms with van der Waals surface area (Å²) in [7, 11) is 1.47. The quantitative estimate of drug-likeness (QED) is 0.520. The van der Waals surface area contributed by atoms with Gasteiger partial charge in [-0.2, -0.15) is 0 Å². The fraction of sp³-hybridized carbons (Fsp3) is 0.0870. The molecule has 148 valence electrons. The maximum absolute atomic E-state index is 12.3. The Kier molecular flexibility index (Phi) is 6.76. The van der Waals surface area contributed by atoms with Crippen LogP contribution >= 0.6 is 11.6 Å². The van der Waals surface area contributed by atoms with Crippen molar-refractivity contribution in [3.05, 3.63) is 89.0 Å². The zero-order chi connectivity index (χ0) is 20.6. The van der Waals surface area contributed by atoms with E-state index >= 15 is 0 Å². The van der Waals surface area contributed by atoms with E-state index in [0.29, 0.717) is 34.4 Å². The van der Waals surface area contributed by atoms with E-state index in [9.17, 15) is 9.90 Å². The monoisotopic (exact) mass is 409 g/mol. The second-order valence-corrected chi connectivity index (χ2v) is 6.55. The summed E-state index contributed by atoms with van der Waals surface area (Å²) in [5.74, 6) is 0.418. The minimum atomic E-state index is -0.355. The second-order valence-electron chi connectivity index (χ2n) is 6.14. The summed E-state index contributed by atoms with van der Waals surface area (Å²) in [6.07, 6.45) is 2.95. The van der Waals surface area contributed by atoms with Crippen LogP contribution in [0.2, 0.25) is 5.02 Å². The van der Waals surface area contributed by atoms with Crippen molar-refractivity contribution in [1.82, 2.24) is 0 Å². The van der Waals surface area contributed by atoms with Crippen LogP contribution in [0.4, 0.5) is 5.69 Å². The summed E-state index contributed by atoms with van der Waals surface area (Å²) < 4.78 is 10.8. The Labute approximate surface area is 174 Å². The number of anilines is 1. The molecule has 5 nitrogen and oxygen atoms in total. The Morgan fingerprint density at radius 2 is 1.90 bits per heavy atom. The number of hydrogen-bond acceptors (Lipinski definition) is 4. The van der Waals surface area contributed by atoms with Gasteiger partial charge in [0.1, 0.15) is 6.61 Å². The summed E-state index contributed by atoms with van der Waals surface area (Å²) >= 11 is 6.26. The molecule has 3 aromatic rings. The van der Waals surface area contributed by atoms with E-state index in [4.69, 9.17) is 21.1 Å². The van der Waals surface area contributed by atoms with E-state index in [2.05, 4.69) is 5.32 Å². The molecule has 0 bridgehead atoms. The van der Waals surface area contributed by atoms with Gasteiger partial charge in [0.05, 0.1) is 17.8 Å². The summed E-state index contributed by atoms with van der Waals surface area (Å²) in [5, 5.41) is 13.0. The fourth-order valence-corrected chi connectivity index (χ4v) is 2.87. The molecule has 0 radical (unpaired) electrons. The molecular weight excluding hydrogens is 390 g/mol. The van der Waals surface area contributed by atoms with Crippen molar-refractivity contribution in [3.8, 4) is 17.2 Å². The number of rotatable bonds is 7. The van der Waals surface area contributed by atoms with Gasteiger partial charge in [-0.15, -0.1) is 0 Å². The van der Waals surface area contributed by atoms with Crippen LogP contribution in [0.25, 0.3) is 6.08 Å². The molecule has 0 unspecified atom stereocenters. The maximum Gasteiger partial charge on any atom is 0.248 e. The zero-order valence-corrected chi connectivity index (χ0v) is 16.5. The molecule has 0 atom stereocenters. The number of carbonyl (C=O) groups excluding carboxylic acids is 1. The van der Waals surface area contributed by atoms with Gasteiger partial charge in [-0.05, 0) is 41.5 Å². The van der Waals surface area contributed by atoms with Crippen molar-refractivity contribution >= 4 is 29.3 Å². The molecule has 0 aliphatic carbocycles. The summed E-state index contributed by atoms with van der Waals surface area (Å²) in [6, 6.07) is 19.7. The lowest BCUT2D eigenvalue weighted by molar-refractivity contribution is -0.111. The number of ether oxygens (including phenoxy) is 2. The lowest BCUT2D eigenvalue weighted by Crippen LogP contribution is -2.09. The molecule has 3 aromatic carbocycles. The average molecular weight is 410 g/mol. The summed E-state index contributed by atoms with van der Waals surface area (Å²) in [4.78, 5) is 12.3. The number of aromatic hydroxyl groups is 1. The number of phenolic OH excluding ortho intramolecular Hbond substituents is 1. The third kappa shape index (κ3) is 5.53. The van der Waals surface area contributed by atoms with Crippen LogP contribution in [-0.4, -0.2) is 18.1 Å². The first-order valence-corrected chi connectivity index (χ1v) is 9.26. The van der Waals surface area contributed by atoms with Crippen LogP contribution < -0.4 is 14.8 Å². The standard InChI is InChI=1S/C23H20ClNO4/c1-28-21-12-10-16(14-20(21)26)11-13-22(27)25-19-9-5-8-18(24)23(19)29-15-17-6-3-2-4-7-17/h2-14,26H,15H2,1H3,(H,25,27). The molecule has 0 saturated heterocycles. The minimum absolute atomic E-state index is 0.00139. The predicted molar refractivity (Wildman–Crippen MR) is 115 cm³/mol. The van der Waals surface area contributed by atoms with Crippen LogP contribution in [0.15, 0.2) is 72.8 Å².